The van der Waals surface area contributed by atoms with E-state index in [0.29, 0.717) is 0 Å². The Morgan fingerprint density at radius 2 is 1.40 bits per heavy atom. The van der Waals surface area contributed by atoms with Gasteiger partial charge >= 0.3 is 8.60 Å². The molecule has 4 N–H and O–H groups in total. The summed E-state index contributed by atoms with van der Waals surface area (Å²) in [4.78, 5) is 21.7. The molecular weight excluding hydrogens is 155 g/mol. The van der Waals surface area contributed by atoms with Crippen LogP contribution in [0.2, 0.25) is 0 Å². The smallest absolute Gasteiger partial charge is 0.324 e. The van der Waals surface area contributed by atoms with Gasteiger partial charge < -0.3 is 19.8 Å². The minimum absolute atomic E-state index is 0.0648. The maximum Gasteiger partial charge on any atom is 0.324 e. The second-order valence-electron chi connectivity index (χ2n) is 1.86. The molecule has 60 valence electrons. The van der Waals surface area contributed by atoms with Crippen LogP contribution in [0.5, 0.6) is 0 Å². The molecule has 0 saturated carbocycles. The van der Waals surface area contributed by atoms with Gasteiger partial charge in [-0.15, -0.1) is 0 Å². The molecule has 0 spiro atoms. The van der Waals surface area contributed by atoms with Crippen LogP contribution in [0.3, 0.4) is 0 Å². The molecule has 0 aromatic rings. The van der Waals surface area contributed by atoms with Gasteiger partial charge in [-0.25, -0.2) is 0 Å². The summed E-state index contributed by atoms with van der Waals surface area (Å²) in [5, 5.41) is 8.67. The van der Waals surface area contributed by atoms with Crippen molar-refractivity contribution in [3.05, 3.63) is 12.2 Å². The molecule has 0 aromatic heterocycles. The van der Waals surface area contributed by atoms with Gasteiger partial charge in [0.1, 0.15) is 0 Å². The lowest BCUT2D eigenvalue weighted by atomic mass is 10.3. The van der Waals surface area contributed by atoms with Crippen molar-refractivity contribution in [3.8, 4) is 0 Å². The summed E-state index contributed by atoms with van der Waals surface area (Å²) in [6.45, 7) is 0. The van der Waals surface area contributed by atoms with E-state index in [1.807, 2.05) is 12.2 Å². The Morgan fingerprint density at radius 1 is 1.10 bits per heavy atom. The molecule has 5 heteroatoms. The van der Waals surface area contributed by atoms with E-state index >= 15 is 0 Å². The lowest BCUT2D eigenvalue weighted by Gasteiger charge is -1.92. The Morgan fingerprint density at radius 3 is 1.50 bits per heavy atom. The van der Waals surface area contributed by atoms with Crippen molar-refractivity contribution in [1.82, 2.24) is 0 Å². The van der Waals surface area contributed by atoms with E-state index in [-0.39, 0.29) is 6.10 Å². The number of hydrogen-bond donors (Lipinski definition) is 4. The monoisotopic (exact) mass is 166 g/mol. The fraction of sp³-hybridized carbons (Fsp3) is 0.600. The van der Waals surface area contributed by atoms with Crippen LogP contribution in [0.1, 0.15) is 12.8 Å². The average Bonchev–Trinajstić information content (AvgIpc) is 2.15. The molecule has 0 aliphatic heterocycles. The first-order valence-electron chi connectivity index (χ1n) is 2.82. The van der Waals surface area contributed by atoms with E-state index in [1.165, 1.54) is 0 Å². The quantitative estimate of drug-likeness (QED) is 0.299. The summed E-state index contributed by atoms with van der Waals surface area (Å²) in [7, 11) is -2.62. The van der Waals surface area contributed by atoms with Crippen molar-refractivity contribution in [2.24, 2.45) is 0 Å². The summed E-state index contributed by atoms with van der Waals surface area (Å²) >= 11 is 0. The third-order valence-electron chi connectivity index (χ3n) is 0.983. The first kappa shape index (κ1) is 10.0. The molecule has 0 heterocycles. The maximum atomic E-state index is 8.67. The molecule has 10 heavy (non-hydrogen) atoms. The first-order valence-corrected chi connectivity index (χ1v) is 4.02. The molecule has 0 radical (unpaired) electrons. The summed E-state index contributed by atoms with van der Waals surface area (Å²) in [6, 6.07) is 0. The standard InChI is InChI=1S/C5H8O.H3O3P/c6-5-3-1-2-4-5;1-4(2)3/h1-2,5-6H,3-4H2;1-3H. The highest BCUT2D eigenvalue weighted by molar-refractivity contribution is 7.38. The number of aliphatic hydroxyl groups is 1. The largest absolute Gasteiger partial charge is 0.392 e. The zero-order valence-electron chi connectivity index (χ0n) is 5.38. The fourth-order valence-corrected chi connectivity index (χ4v) is 0.603. The van der Waals surface area contributed by atoms with Crippen LogP contribution in [0, 0.1) is 0 Å². The summed E-state index contributed by atoms with van der Waals surface area (Å²) in [5.74, 6) is 0. The van der Waals surface area contributed by atoms with Crippen molar-refractivity contribution in [1.29, 1.82) is 0 Å². The molecule has 0 bridgehead atoms. The van der Waals surface area contributed by atoms with Crippen LogP contribution in [-0.4, -0.2) is 25.9 Å². The topological polar surface area (TPSA) is 80.9 Å². The second-order valence-corrected chi connectivity index (χ2v) is 2.40. The van der Waals surface area contributed by atoms with E-state index in [0.717, 1.165) is 12.8 Å². The van der Waals surface area contributed by atoms with Gasteiger partial charge in [-0.2, -0.15) is 0 Å². The normalized spacial score (nSPS) is 17.3. The Hall–Kier alpha value is 0.01000. The lowest BCUT2D eigenvalue weighted by Crippen LogP contribution is -1.95. The molecule has 0 unspecified atom stereocenters. The van der Waals surface area contributed by atoms with Gasteiger partial charge in [-0.05, 0) is 12.8 Å². The number of aliphatic hydroxyl groups excluding tert-OH is 1. The van der Waals surface area contributed by atoms with Gasteiger partial charge in [0.25, 0.3) is 0 Å². The predicted molar refractivity (Wildman–Crippen MR) is 38.0 cm³/mol. The molecule has 0 amide bonds. The molecule has 0 atom stereocenters. The minimum atomic E-state index is -2.62. The van der Waals surface area contributed by atoms with E-state index < -0.39 is 8.60 Å². The van der Waals surface area contributed by atoms with Gasteiger partial charge in [0.05, 0.1) is 6.10 Å². The summed E-state index contributed by atoms with van der Waals surface area (Å²) in [6.07, 6.45) is 5.67. The molecule has 1 rings (SSSR count). The molecule has 0 aromatic carbocycles. The Kier molecular flexibility index (Phi) is 5.78. The molecule has 1 aliphatic carbocycles. The summed E-state index contributed by atoms with van der Waals surface area (Å²) in [5.41, 5.74) is 0. The van der Waals surface area contributed by atoms with Gasteiger partial charge in [0.2, 0.25) is 0 Å². The highest BCUT2D eigenvalue weighted by Gasteiger charge is 2.02. The predicted octanol–water partition coefficient (Wildman–Crippen LogP) is -0.113. The summed E-state index contributed by atoms with van der Waals surface area (Å²) < 4.78 is 0. The maximum absolute atomic E-state index is 8.67. The number of hydrogen-bond acceptors (Lipinski definition) is 4. The highest BCUT2D eigenvalue weighted by Crippen LogP contribution is 2.11. The van der Waals surface area contributed by atoms with Gasteiger partial charge in [0, 0.05) is 0 Å². The van der Waals surface area contributed by atoms with E-state index in [1.54, 1.807) is 0 Å². The first-order chi connectivity index (χ1) is 4.63. The van der Waals surface area contributed by atoms with E-state index in [9.17, 15) is 0 Å². The SMILES string of the molecule is OC1CC=CC1.OP(O)O. The highest BCUT2D eigenvalue weighted by atomic mass is 31.2. The van der Waals surface area contributed by atoms with Crippen LogP contribution >= 0.6 is 8.60 Å². The van der Waals surface area contributed by atoms with Crippen LogP contribution in [0.15, 0.2) is 12.2 Å². The second kappa shape index (κ2) is 5.77. The number of rotatable bonds is 0. The Balaban J connectivity index is 0.000000180. The van der Waals surface area contributed by atoms with Crippen LogP contribution < -0.4 is 0 Å². The van der Waals surface area contributed by atoms with Crippen molar-refractivity contribution >= 4 is 8.60 Å². The zero-order chi connectivity index (χ0) is 7.98. The van der Waals surface area contributed by atoms with Crippen molar-refractivity contribution in [3.63, 3.8) is 0 Å². The van der Waals surface area contributed by atoms with Gasteiger partial charge in [-0.1, -0.05) is 12.2 Å². The lowest BCUT2D eigenvalue weighted by molar-refractivity contribution is 0.189. The zero-order valence-corrected chi connectivity index (χ0v) is 6.28. The third-order valence-corrected chi connectivity index (χ3v) is 0.983. The van der Waals surface area contributed by atoms with Gasteiger partial charge in [0.15, 0.2) is 0 Å². The molecule has 1 aliphatic rings. The fourth-order valence-electron chi connectivity index (χ4n) is 0.603. The Bertz CT molecular complexity index is 93.1. The molecule has 0 saturated heterocycles. The van der Waals surface area contributed by atoms with Crippen molar-refractivity contribution in [2.45, 2.75) is 18.9 Å². The molecule has 4 nitrogen and oxygen atoms in total. The molecular formula is C5H11O4P. The van der Waals surface area contributed by atoms with E-state index in [4.69, 9.17) is 19.8 Å². The minimum Gasteiger partial charge on any atom is -0.392 e. The Labute approximate surface area is 60.4 Å². The van der Waals surface area contributed by atoms with Crippen molar-refractivity contribution in [2.75, 3.05) is 0 Å². The molecule has 0 fully saturated rings. The average molecular weight is 166 g/mol. The van der Waals surface area contributed by atoms with Gasteiger partial charge in [-0.3, -0.25) is 0 Å². The van der Waals surface area contributed by atoms with Crippen LogP contribution in [0.25, 0.3) is 0 Å². The van der Waals surface area contributed by atoms with Crippen LogP contribution in [0.4, 0.5) is 0 Å². The third kappa shape index (κ3) is 8.01. The van der Waals surface area contributed by atoms with Crippen LogP contribution in [-0.2, 0) is 0 Å². The van der Waals surface area contributed by atoms with Crippen molar-refractivity contribution < 1.29 is 19.8 Å². The van der Waals surface area contributed by atoms with E-state index in [2.05, 4.69) is 0 Å².